The van der Waals surface area contributed by atoms with Crippen LogP contribution in [0.1, 0.15) is 22.5 Å². The molecule has 0 atom stereocenters. The number of nitrogens with zero attached hydrogens (tertiary/aromatic N) is 2. The predicted molar refractivity (Wildman–Crippen MR) is 106 cm³/mol. The Bertz CT molecular complexity index is 1030. The Morgan fingerprint density at radius 3 is 2.50 bits per heavy atom. The third-order valence-electron chi connectivity index (χ3n) is 4.62. The van der Waals surface area contributed by atoms with Crippen LogP contribution in [-0.2, 0) is 13.2 Å². The van der Waals surface area contributed by atoms with Gasteiger partial charge in [-0.2, -0.15) is 0 Å². The first-order chi connectivity index (χ1) is 12.7. The van der Waals surface area contributed by atoms with Crippen molar-refractivity contribution in [3.63, 3.8) is 0 Å². The molecular weight excluding hydrogens is 320 g/mol. The van der Waals surface area contributed by atoms with Gasteiger partial charge in [-0.1, -0.05) is 54.6 Å². The van der Waals surface area contributed by atoms with Gasteiger partial charge in [-0.15, -0.1) is 0 Å². The molecule has 130 valence electrons. The minimum Gasteiger partial charge on any atom is -0.485 e. The van der Waals surface area contributed by atoms with Gasteiger partial charge in [-0.25, -0.2) is 4.98 Å². The number of aryl methyl sites for hydroxylation is 2. The minimum absolute atomic E-state index is 0.450. The van der Waals surface area contributed by atoms with Gasteiger partial charge in [0.15, 0.2) is 0 Å². The maximum Gasteiger partial charge on any atom is 0.148 e. The molecule has 26 heavy (non-hydrogen) atoms. The third-order valence-corrected chi connectivity index (χ3v) is 4.62. The summed E-state index contributed by atoms with van der Waals surface area (Å²) < 4.78 is 8.37. The van der Waals surface area contributed by atoms with Gasteiger partial charge in [0.2, 0.25) is 0 Å². The summed E-state index contributed by atoms with van der Waals surface area (Å²) in [6, 6.07) is 25.0. The molecule has 0 bridgehead atoms. The summed E-state index contributed by atoms with van der Waals surface area (Å²) in [4.78, 5) is 4.81. The van der Waals surface area contributed by atoms with Gasteiger partial charge in [-0.05, 0) is 48.7 Å². The molecule has 0 saturated heterocycles. The molecule has 3 nitrogen and oxygen atoms in total. The molecule has 1 heterocycles. The summed E-state index contributed by atoms with van der Waals surface area (Å²) in [6.07, 6.45) is 0. The first kappa shape index (κ1) is 16.4. The van der Waals surface area contributed by atoms with Crippen molar-refractivity contribution in [2.45, 2.75) is 27.0 Å². The van der Waals surface area contributed by atoms with Gasteiger partial charge in [0, 0.05) is 6.54 Å². The van der Waals surface area contributed by atoms with Gasteiger partial charge in [-0.3, -0.25) is 0 Å². The molecule has 0 spiro atoms. The zero-order chi connectivity index (χ0) is 17.9. The van der Waals surface area contributed by atoms with Crippen LogP contribution in [-0.4, -0.2) is 9.55 Å². The van der Waals surface area contributed by atoms with Crippen molar-refractivity contribution in [3.8, 4) is 5.75 Å². The van der Waals surface area contributed by atoms with E-state index in [4.69, 9.17) is 9.72 Å². The van der Waals surface area contributed by atoms with Crippen molar-refractivity contribution in [2.24, 2.45) is 0 Å². The molecule has 0 fully saturated rings. The van der Waals surface area contributed by atoms with E-state index in [9.17, 15) is 0 Å². The van der Waals surface area contributed by atoms with Gasteiger partial charge < -0.3 is 9.30 Å². The lowest BCUT2D eigenvalue weighted by molar-refractivity contribution is 0.289. The molecule has 0 aliphatic rings. The van der Waals surface area contributed by atoms with Crippen molar-refractivity contribution in [3.05, 3.63) is 95.3 Å². The molecular formula is C23H22N2O. The second-order valence-corrected chi connectivity index (χ2v) is 6.65. The van der Waals surface area contributed by atoms with E-state index in [0.717, 1.165) is 34.7 Å². The SMILES string of the molecule is Cc1ccc(C)c(OCc2nc3ccccc3n2Cc2ccccc2)c1. The van der Waals surface area contributed by atoms with E-state index in [1.54, 1.807) is 0 Å². The molecule has 0 saturated carbocycles. The number of aromatic nitrogens is 2. The van der Waals surface area contributed by atoms with Gasteiger partial charge in [0.25, 0.3) is 0 Å². The van der Waals surface area contributed by atoms with Crippen LogP contribution < -0.4 is 4.74 Å². The highest BCUT2D eigenvalue weighted by atomic mass is 16.5. The number of rotatable bonds is 5. The number of hydrogen-bond acceptors (Lipinski definition) is 2. The molecule has 0 aliphatic carbocycles. The zero-order valence-electron chi connectivity index (χ0n) is 15.1. The Balaban J connectivity index is 1.67. The van der Waals surface area contributed by atoms with Crippen molar-refractivity contribution < 1.29 is 4.74 Å². The van der Waals surface area contributed by atoms with E-state index < -0.39 is 0 Å². The quantitative estimate of drug-likeness (QED) is 0.493. The van der Waals surface area contributed by atoms with Crippen LogP contribution in [0.4, 0.5) is 0 Å². The predicted octanol–water partition coefficient (Wildman–Crippen LogP) is 5.28. The fraction of sp³-hybridized carbons (Fsp3) is 0.174. The Kier molecular flexibility index (Phi) is 4.44. The lowest BCUT2D eigenvalue weighted by Crippen LogP contribution is -2.08. The van der Waals surface area contributed by atoms with E-state index in [-0.39, 0.29) is 0 Å². The molecule has 4 rings (SSSR count). The van der Waals surface area contributed by atoms with Gasteiger partial charge in [0.05, 0.1) is 11.0 Å². The van der Waals surface area contributed by atoms with Gasteiger partial charge >= 0.3 is 0 Å². The maximum atomic E-state index is 6.13. The second-order valence-electron chi connectivity index (χ2n) is 6.65. The molecule has 0 amide bonds. The summed E-state index contributed by atoms with van der Waals surface area (Å²) in [5.41, 5.74) is 5.73. The number of benzene rings is 3. The van der Waals surface area contributed by atoms with Crippen molar-refractivity contribution in [1.82, 2.24) is 9.55 Å². The Morgan fingerprint density at radius 1 is 0.885 bits per heavy atom. The van der Waals surface area contributed by atoms with Crippen LogP contribution in [0.15, 0.2) is 72.8 Å². The third kappa shape index (κ3) is 3.33. The van der Waals surface area contributed by atoms with E-state index >= 15 is 0 Å². The first-order valence-electron chi connectivity index (χ1n) is 8.89. The summed E-state index contributed by atoms with van der Waals surface area (Å²) in [6.45, 7) is 5.39. The highest BCUT2D eigenvalue weighted by Crippen LogP contribution is 2.23. The fourth-order valence-electron chi connectivity index (χ4n) is 3.18. The molecule has 0 unspecified atom stereocenters. The van der Waals surface area contributed by atoms with Crippen molar-refractivity contribution >= 4 is 11.0 Å². The van der Waals surface area contributed by atoms with Crippen molar-refractivity contribution in [2.75, 3.05) is 0 Å². The van der Waals surface area contributed by atoms with Crippen LogP contribution in [0.2, 0.25) is 0 Å². The molecule has 0 aliphatic heterocycles. The molecule has 0 radical (unpaired) electrons. The maximum absolute atomic E-state index is 6.13. The van der Waals surface area contributed by atoms with E-state index in [1.165, 1.54) is 11.1 Å². The van der Waals surface area contributed by atoms with Crippen molar-refractivity contribution in [1.29, 1.82) is 0 Å². The number of hydrogen-bond donors (Lipinski definition) is 0. The molecule has 3 aromatic carbocycles. The average molecular weight is 342 g/mol. The normalized spacial score (nSPS) is 11.0. The lowest BCUT2D eigenvalue weighted by atomic mass is 10.1. The minimum atomic E-state index is 0.450. The standard InChI is InChI=1S/C23H22N2O/c1-17-12-13-18(2)22(14-17)26-16-23-24-20-10-6-7-11-21(20)25(23)15-19-8-4-3-5-9-19/h3-14H,15-16H2,1-2H3. The highest BCUT2D eigenvalue weighted by Gasteiger charge is 2.12. The Hall–Kier alpha value is -3.07. The number of imidazole rings is 1. The smallest absolute Gasteiger partial charge is 0.148 e. The molecule has 0 N–H and O–H groups in total. The van der Waals surface area contributed by atoms with E-state index in [1.807, 2.05) is 12.1 Å². The first-order valence-corrected chi connectivity index (χ1v) is 8.89. The molecule has 1 aromatic heterocycles. The Labute approximate surface area is 153 Å². The van der Waals surface area contributed by atoms with Gasteiger partial charge in [0.1, 0.15) is 18.2 Å². The largest absolute Gasteiger partial charge is 0.485 e. The van der Waals surface area contributed by atoms with Crippen LogP contribution in [0.25, 0.3) is 11.0 Å². The van der Waals surface area contributed by atoms with E-state index in [2.05, 4.69) is 79.1 Å². The summed E-state index contributed by atoms with van der Waals surface area (Å²) in [7, 11) is 0. The number of ether oxygens (including phenoxy) is 1. The lowest BCUT2D eigenvalue weighted by Gasteiger charge is -2.12. The zero-order valence-corrected chi connectivity index (χ0v) is 15.1. The monoisotopic (exact) mass is 342 g/mol. The van der Waals surface area contributed by atoms with Crippen LogP contribution in [0.5, 0.6) is 5.75 Å². The summed E-state index contributed by atoms with van der Waals surface area (Å²) in [5, 5.41) is 0. The Morgan fingerprint density at radius 2 is 1.65 bits per heavy atom. The number of para-hydroxylation sites is 2. The summed E-state index contributed by atoms with van der Waals surface area (Å²) in [5.74, 6) is 1.86. The number of fused-ring (bicyclic) bond motifs is 1. The summed E-state index contributed by atoms with van der Waals surface area (Å²) >= 11 is 0. The fourth-order valence-corrected chi connectivity index (χ4v) is 3.18. The highest BCUT2D eigenvalue weighted by molar-refractivity contribution is 5.76. The second kappa shape index (κ2) is 7.04. The van der Waals surface area contributed by atoms with Crippen LogP contribution in [0.3, 0.4) is 0 Å². The topological polar surface area (TPSA) is 27.1 Å². The average Bonchev–Trinajstić information content (AvgIpc) is 3.01. The van der Waals surface area contributed by atoms with Crippen LogP contribution in [0, 0.1) is 13.8 Å². The molecule has 4 aromatic rings. The molecule has 3 heteroatoms. The van der Waals surface area contributed by atoms with E-state index in [0.29, 0.717) is 6.61 Å². The van der Waals surface area contributed by atoms with Crippen LogP contribution >= 0.6 is 0 Å².